The molecule has 0 aliphatic carbocycles. The van der Waals surface area contributed by atoms with Crippen LogP contribution in [0.4, 0.5) is 0 Å². The molecule has 0 saturated carbocycles. The molecule has 0 radical (unpaired) electrons. The van der Waals surface area contributed by atoms with Gasteiger partial charge in [-0.1, -0.05) is 253 Å². The molecule has 0 amide bonds. The number of rotatable bonds is 58. The quantitative estimate of drug-likeness (QED) is 0.0254. The second-order valence-corrected chi connectivity index (χ2v) is 25.0. The van der Waals surface area contributed by atoms with E-state index in [2.05, 4.69) is 54.7 Å². The fourth-order valence-corrected chi connectivity index (χ4v) is 10.0. The molecule has 0 heterocycles. The molecule has 0 aromatic carbocycles. The third-order valence-corrected chi connectivity index (χ3v) is 15.9. The van der Waals surface area contributed by atoms with Crippen LogP contribution in [-0.4, -0.2) is 92.5 Å². The smallest absolute Gasteiger partial charge is 0.396 e. The molecule has 0 aliphatic heterocycles. The number of phosphoric acid groups is 3. The summed E-state index contributed by atoms with van der Waals surface area (Å²) in [6.45, 7) is 26.2. The van der Waals surface area contributed by atoms with Crippen molar-refractivity contribution in [2.75, 3.05) is 72.7 Å². The second-order valence-electron chi connectivity index (χ2n) is 20.6. The molecule has 0 bridgehead atoms. The van der Waals surface area contributed by atoms with Gasteiger partial charge in [-0.05, 0) is 44.9 Å². The van der Waals surface area contributed by atoms with Crippen molar-refractivity contribution in [1.82, 2.24) is 0 Å². The first-order valence-electron chi connectivity index (χ1n) is 31.4. The van der Waals surface area contributed by atoms with E-state index in [1.165, 1.54) is 154 Å². The summed E-state index contributed by atoms with van der Waals surface area (Å²) >= 11 is 0. The minimum Gasteiger partial charge on any atom is -0.396 e. The molecule has 0 rings (SSSR count). The van der Waals surface area contributed by atoms with E-state index in [0.29, 0.717) is 66.1 Å². The standard InChI is InChI=1S/3C16H35O4P.C12H22O3.Zr/c3*1-3-5-7-9-11-13-15-19-21(17,18)20-16-14-12-10-8-6-4-2;1-4-7-14-10-12(6-3,9-13)11-15-8-5-2;/h3*3-16H2,1-2H3,(H,17,18);4-5,13H,1-2,6-11H2,3H3;. The fourth-order valence-electron chi connectivity index (χ4n) is 7.65. The third-order valence-electron chi connectivity index (χ3n) is 12.9. The summed E-state index contributed by atoms with van der Waals surface area (Å²) < 4.78 is 75.4. The summed E-state index contributed by atoms with van der Waals surface area (Å²) in [7, 11) is -11.4. The normalized spacial score (nSPS) is 11.7. The molecule has 0 aromatic rings. The van der Waals surface area contributed by atoms with Crippen LogP contribution >= 0.6 is 23.5 Å². The van der Waals surface area contributed by atoms with E-state index in [0.717, 1.165) is 83.5 Å². The van der Waals surface area contributed by atoms with Crippen molar-refractivity contribution >= 4 is 23.5 Å². The van der Waals surface area contributed by atoms with Gasteiger partial charge in [-0.25, -0.2) is 13.7 Å². The maximum Gasteiger partial charge on any atom is 0.472 e. The molecular formula is C60H127O15P3Zr. The van der Waals surface area contributed by atoms with Gasteiger partial charge in [0.05, 0.1) is 72.7 Å². The third kappa shape index (κ3) is 74.6. The number of aliphatic hydroxyl groups is 1. The predicted octanol–water partition coefficient (Wildman–Crippen LogP) is 19.3. The molecule has 0 saturated heterocycles. The van der Waals surface area contributed by atoms with E-state index in [1.807, 2.05) is 6.92 Å². The molecule has 0 aliphatic rings. The maximum absolute atomic E-state index is 11.6. The molecule has 0 aromatic heterocycles. The van der Waals surface area contributed by atoms with Gasteiger partial charge in [-0.3, -0.25) is 27.1 Å². The van der Waals surface area contributed by atoms with Gasteiger partial charge in [0.2, 0.25) is 0 Å². The first kappa shape index (κ1) is 88.3. The number of ether oxygens (including phenoxy) is 2. The van der Waals surface area contributed by atoms with Crippen LogP contribution in [0.5, 0.6) is 0 Å². The second kappa shape index (κ2) is 69.3. The van der Waals surface area contributed by atoms with Crippen LogP contribution < -0.4 is 0 Å². The molecule has 0 spiro atoms. The summed E-state index contributed by atoms with van der Waals surface area (Å²) in [6, 6.07) is 0. The average Bonchev–Trinajstić information content (AvgIpc) is 3.41. The van der Waals surface area contributed by atoms with Crippen LogP contribution in [0.15, 0.2) is 25.3 Å². The Bertz CT molecular complexity index is 1140. The molecule has 15 nitrogen and oxygen atoms in total. The zero-order chi connectivity index (χ0) is 59.0. The van der Waals surface area contributed by atoms with Gasteiger partial charge in [-0.2, -0.15) is 0 Å². The van der Waals surface area contributed by atoms with Crippen molar-refractivity contribution in [3.63, 3.8) is 0 Å². The molecule has 0 fully saturated rings. The van der Waals surface area contributed by atoms with Crippen molar-refractivity contribution in [2.24, 2.45) is 5.41 Å². The summed E-state index contributed by atoms with van der Waals surface area (Å²) in [5, 5.41) is 9.36. The van der Waals surface area contributed by atoms with Crippen molar-refractivity contribution in [3.8, 4) is 0 Å². The van der Waals surface area contributed by atoms with E-state index in [9.17, 15) is 33.5 Å². The van der Waals surface area contributed by atoms with Gasteiger partial charge in [0.1, 0.15) is 0 Å². The Morgan fingerprint density at radius 2 is 0.519 bits per heavy atom. The largest absolute Gasteiger partial charge is 0.472 e. The summed E-state index contributed by atoms with van der Waals surface area (Å²) in [6.07, 6.45) is 44.9. The Morgan fingerprint density at radius 1 is 0.342 bits per heavy atom. The van der Waals surface area contributed by atoms with Crippen LogP contribution in [0.3, 0.4) is 0 Å². The molecule has 0 unspecified atom stereocenters. The summed E-state index contributed by atoms with van der Waals surface area (Å²) in [4.78, 5) is 28.5. The zero-order valence-corrected chi connectivity index (χ0v) is 57.3. The number of phosphoric ester groups is 3. The van der Waals surface area contributed by atoms with Gasteiger partial charge in [0.15, 0.2) is 0 Å². The first-order chi connectivity index (χ1) is 37.6. The number of hydrogen-bond acceptors (Lipinski definition) is 12. The van der Waals surface area contributed by atoms with Crippen molar-refractivity contribution in [3.05, 3.63) is 25.3 Å². The van der Waals surface area contributed by atoms with Gasteiger partial charge in [0, 0.05) is 31.6 Å². The maximum atomic E-state index is 11.6. The van der Waals surface area contributed by atoms with E-state index < -0.39 is 23.5 Å². The van der Waals surface area contributed by atoms with Gasteiger partial charge in [0.25, 0.3) is 0 Å². The van der Waals surface area contributed by atoms with Gasteiger partial charge in [-0.15, -0.1) is 13.2 Å². The van der Waals surface area contributed by atoms with E-state index in [4.69, 9.17) is 36.6 Å². The van der Waals surface area contributed by atoms with E-state index in [1.54, 1.807) is 12.2 Å². The first-order valence-corrected chi connectivity index (χ1v) is 35.9. The monoisotopic (exact) mass is 1270 g/mol. The van der Waals surface area contributed by atoms with Crippen LogP contribution in [-0.2, 0) is 76.5 Å². The molecule has 4 N–H and O–H groups in total. The topological polar surface area (TPSA) is 206 Å². The Balaban J connectivity index is -0.000000309. The Morgan fingerprint density at radius 3 is 0.671 bits per heavy atom. The predicted molar refractivity (Wildman–Crippen MR) is 327 cm³/mol. The van der Waals surface area contributed by atoms with Gasteiger partial charge >= 0.3 is 23.5 Å². The molecule has 79 heavy (non-hydrogen) atoms. The Labute approximate surface area is 506 Å². The van der Waals surface area contributed by atoms with Crippen molar-refractivity contribution in [2.45, 2.75) is 286 Å². The minimum atomic E-state index is -3.82. The summed E-state index contributed by atoms with van der Waals surface area (Å²) in [5.41, 5.74) is -0.300. The zero-order valence-electron chi connectivity index (χ0n) is 52.1. The van der Waals surface area contributed by atoms with Crippen molar-refractivity contribution in [1.29, 1.82) is 0 Å². The number of aliphatic hydroxyl groups excluding tert-OH is 1. The Hall–Kier alpha value is 0.573. The molecular weight excluding hydrogens is 1140 g/mol. The number of unbranched alkanes of at least 4 members (excludes halogenated alkanes) is 30. The molecule has 476 valence electrons. The van der Waals surface area contributed by atoms with Crippen LogP contribution in [0, 0.1) is 5.41 Å². The minimum absolute atomic E-state index is 0. The average molecular weight is 1270 g/mol. The molecule has 19 heteroatoms. The van der Waals surface area contributed by atoms with E-state index in [-0.39, 0.29) is 38.2 Å². The van der Waals surface area contributed by atoms with Crippen LogP contribution in [0.1, 0.15) is 286 Å². The SMILES string of the molecule is C=CCOCC(CC)(CO)COCC=C.CCCCCCCCOP(=O)(O)OCCCCCCCC.CCCCCCCCOP(=O)(O)OCCCCCCCC.CCCCCCCCOP(=O)(O)OCCCCCCCC.[Zr]. The van der Waals surface area contributed by atoms with Gasteiger partial charge < -0.3 is 29.3 Å². The van der Waals surface area contributed by atoms with Crippen LogP contribution in [0.25, 0.3) is 0 Å². The van der Waals surface area contributed by atoms with E-state index >= 15 is 0 Å². The molecule has 0 atom stereocenters. The van der Waals surface area contributed by atoms with Crippen LogP contribution in [0.2, 0.25) is 0 Å². The Kier molecular flexibility index (Phi) is 77.5. The number of hydrogen-bond donors (Lipinski definition) is 4. The summed E-state index contributed by atoms with van der Waals surface area (Å²) in [5.74, 6) is 0. The van der Waals surface area contributed by atoms with Crippen molar-refractivity contribution < 1.29 is 96.3 Å². The fraction of sp³-hybridized carbons (Fsp3) is 0.933.